The number of ether oxygens (including phenoxy) is 1. The lowest BCUT2D eigenvalue weighted by atomic mass is 10.2. The van der Waals surface area contributed by atoms with Gasteiger partial charge in [0.2, 0.25) is 0 Å². The molecular weight excluding hydrogens is 336 g/mol. The first-order chi connectivity index (χ1) is 7.09. The second kappa shape index (κ2) is 8.14. The van der Waals surface area contributed by atoms with E-state index in [1.54, 1.807) is 0 Å². The Morgan fingerprint density at radius 1 is 1.31 bits per heavy atom. The highest BCUT2D eigenvalue weighted by atomic mass is 127. The molecule has 0 radical (unpaired) electrons. The quantitative estimate of drug-likeness (QED) is 0.593. The van der Waals surface area contributed by atoms with E-state index in [2.05, 4.69) is 60.6 Å². The summed E-state index contributed by atoms with van der Waals surface area (Å²) in [4.78, 5) is 2.17. The van der Waals surface area contributed by atoms with Crippen molar-refractivity contribution >= 4 is 35.0 Å². The van der Waals surface area contributed by atoms with Gasteiger partial charge in [-0.25, -0.2) is 0 Å². The number of hydrogen-bond donors (Lipinski definition) is 0. The van der Waals surface area contributed by atoms with Gasteiger partial charge in [0, 0.05) is 10.1 Å². The normalized spacial score (nSPS) is 10.1. The maximum Gasteiger partial charge on any atom is 0.122 e. The van der Waals surface area contributed by atoms with Gasteiger partial charge >= 0.3 is 0 Å². The molecule has 0 aliphatic carbocycles. The lowest BCUT2D eigenvalue weighted by molar-refractivity contribution is 0.280. The summed E-state index contributed by atoms with van der Waals surface area (Å²) in [6, 6.07) is 6.27. The molecule has 1 aromatic carbocycles. The van der Waals surface area contributed by atoms with Crippen molar-refractivity contribution in [3.05, 3.63) is 27.3 Å². The van der Waals surface area contributed by atoms with Crippen LogP contribution in [0, 0.1) is 10.5 Å². The lowest BCUT2D eigenvalue weighted by Crippen LogP contribution is -2.15. The fourth-order valence-electron chi connectivity index (χ4n) is 1.34. The zero-order valence-corrected chi connectivity index (χ0v) is 13.0. The smallest absolute Gasteiger partial charge is 0.122 e. The van der Waals surface area contributed by atoms with Crippen molar-refractivity contribution in [2.24, 2.45) is 0 Å². The number of nitrogens with zero attached hydrogens (tertiary/aromatic N) is 1. The summed E-state index contributed by atoms with van der Waals surface area (Å²) in [6.45, 7) is 3.95. The monoisotopic (exact) mass is 355 g/mol. The average molecular weight is 356 g/mol. The summed E-state index contributed by atoms with van der Waals surface area (Å²) in [6.07, 6.45) is 1.07. The van der Waals surface area contributed by atoms with Crippen LogP contribution in [0.4, 0.5) is 0 Å². The number of benzene rings is 1. The molecule has 0 unspecified atom stereocenters. The van der Waals surface area contributed by atoms with Gasteiger partial charge in [0.15, 0.2) is 0 Å². The molecule has 0 heterocycles. The maximum atomic E-state index is 5.71. The molecule has 0 aliphatic rings. The number of rotatable bonds is 5. The van der Waals surface area contributed by atoms with E-state index in [0.717, 1.165) is 25.3 Å². The van der Waals surface area contributed by atoms with Crippen LogP contribution in [-0.4, -0.2) is 32.1 Å². The predicted octanol–water partition coefficient (Wildman–Crippen LogP) is 3.35. The van der Waals surface area contributed by atoms with Crippen LogP contribution in [0.15, 0.2) is 18.2 Å². The summed E-state index contributed by atoms with van der Waals surface area (Å²) < 4.78 is 6.97. The van der Waals surface area contributed by atoms with Crippen molar-refractivity contribution in [3.63, 3.8) is 0 Å². The molecule has 2 nitrogen and oxygen atoms in total. The molecule has 0 aliphatic heterocycles. The van der Waals surface area contributed by atoms with Gasteiger partial charge in [-0.3, -0.25) is 0 Å². The molecule has 0 bridgehead atoms. The molecular formula is C12H19ClINO. The van der Waals surface area contributed by atoms with Crippen LogP contribution in [0.25, 0.3) is 0 Å². The molecule has 0 spiro atoms. The van der Waals surface area contributed by atoms with E-state index >= 15 is 0 Å². The highest BCUT2D eigenvalue weighted by molar-refractivity contribution is 14.1. The van der Waals surface area contributed by atoms with Gasteiger partial charge in [-0.2, -0.15) is 0 Å². The zero-order valence-electron chi connectivity index (χ0n) is 10.00. The average Bonchev–Trinajstić information content (AvgIpc) is 2.14. The standard InChI is InChI=1S/C12H18INO.ClH/c1-10-9-11(13)5-6-12(10)15-8-4-7-14(2)3;/h5-6,9H,4,7-8H2,1-3H3;1H. The third-order valence-electron chi connectivity index (χ3n) is 2.14. The molecule has 4 heteroatoms. The van der Waals surface area contributed by atoms with Gasteiger partial charge in [-0.15, -0.1) is 12.4 Å². The van der Waals surface area contributed by atoms with E-state index in [1.165, 1.54) is 9.13 Å². The molecule has 92 valence electrons. The van der Waals surface area contributed by atoms with Crippen LogP contribution in [0.3, 0.4) is 0 Å². The molecule has 0 amide bonds. The molecule has 0 saturated carbocycles. The Bertz CT molecular complexity index is 318. The van der Waals surface area contributed by atoms with Crippen molar-refractivity contribution in [2.75, 3.05) is 27.2 Å². The van der Waals surface area contributed by atoms with E-state index in [0.29, 0.717) is 0 Å². The van der Waals surface area contributed by atoms with Gasteiger partial charge in [0.05, 0.1) is 6.61 Å². The molecule has 0 fully saturated rings. The Labute approximate surface area is 118 Å². The van der Waals surface area contributed by atoms with Gasteiger partial charge in [-0.05, 0) is 73.8 Å². The highest BCUT2D eigenvalue weighted by Gasteiger charge is 1.99. The van der Waals surface area contributed by atoms with Crippen LogP contribution in [0.2, 0.25) is 0 Å². The Morgan fingerprint density at radius 2 is 2.00 bits per heavy atom. The van der Waals surface area contributed by atoms with E-state index in [1.807, 2.05) is 6.07 Å². The summed E-state index contributed by atoms with van der Waals surface area (Å²) in [5, 5.41) is 0. The molecule has 1 rings (SSSR count). The SMILES string of the molecule is Cc1cc(I)ccc1OCCCN(C)C.Cl. The van der Waals surface area contributed by atoms with Crippen molar-refractivity contribution in [1.82, 2.24) is 4.90 Å². The minimum Gasteiger partial charge on any atom is -0.493 e. The van der Waals surface area contributed by atoms with E-state index in [-0.39, 0.29) is 12.4 Å². The largest absolute Gasteiger partial charge is 0.493 e. The molecule has 0 N–H and O–H groups in total. The topological polar surface area (TPSA) is 12.5 Å². The Hall–Kier alpha value is -0.0000000000000000555. The van der Waals surface area contributed by atoms with E-state index in [9.17, 15) is 0 Å². The summed E-state index contributed by atoms with van der Waals surface area (Å²) >= 11 is 2.31. The predicted molar refractivity (Wildman–Crippen MR) is 79.8 cm³/mol. The Balaban J connectivity index is 0.00000225. The van der Waals surface area contributed by atoms with Crippen LogP contribution < -0.4 is 4.74 Å². The molecule has 0 atom stereocenters. The van der Waals surface area contributed by atoms with Crippen LogP contribution in [-0.2, 0) is 0 Å². The highest BCUT2D eigenvalue weighted by Crippen LogP contribution is 2.20. The van der Waals surface area contributed by atoms with Gasteiger partial charge in [0.25, 0.3) is 0 Å². The van der Waals surface area contributed by atoms with Gasteiger partial charge < -0.3 is 9.64 Å². The fraction of sp³-hybridized carbons (Fsp3) is 0.500. The minimum atomic E-state index is 0. The van der Waals surface area contributed by atoms with Crippen LogP contribution >= 0.6 is 35.0 Å². The Kier molecular flexibility index (Phi) is 8.14. The minimum absolute atomic E-state index is 0. The van der Waals surface area contributed by atoms with E-state index in [4.69, 9.17) is 4.74 Å². The first-order valence-electron chi connectivity index (χ1n) is 5.13. The molecule has 0 aromatic heterocycles. The number of halogens is 2. The van der Waals surface area contributed by atoms with Crippen LogP contribution in [0.1, 0.15) is 12.0 Å². The fourth-order valence-corrected chi connectivity index (χ4v) is 1.98. The van der Waals surface area contributed by atoms with Crippen molar-refractivity contribution in [2.45, 2.75) is 13.3 Å². The van der Waals surface area contributed by atoms with Crippen molar-refractivity contribution in [1.29, 1.82) is 0 Å². The van der Waals surface area contributed by atoms with Crippen molar-refractivity contribution in [3.8, 4) is 5.75 Å². The first kappa shape index (κ1) is 16.0. The lowest BCUT2D eigenvalue weighted by Gasteiger charge is -2.11. The third kappa shape index (κ3) is 5.92. The summed E-state index contributed by atoms with van der Waals surface area (Å²) in [7, 11) is 4.16. The molecule has 16 heavy (non-hydrogen) atoms. The van der Waals surface area contributed by atoms with Crippen LogP contribution in [0.5, 0.6) is 5.75 Å². The molecule has 0 saturated heterocycles. The Morgan fingerprint density at radius 3 is 2.56 bits per heavy atom. The maximum absolute atomic E-state index is 5.71. The second-order valence-corrected chi connectivity index (χ2v) is 5.16. The van der Waals surface area contributed by atoms with Gasteiger partial charge in [0.1, 0.15) is 5.75 Å². The van der Waals surface area contributed by atoms with Gasteiger partial charge in [-0.1, -0.05) is 0 Å². The van der Waals surface area contributed by atoms with E-state index < -0.39 is 0 Å². The number of aryl methyl sites for hydroxylation is 1. The summed E-state index contributed by atoms with van der Waals surface area (Å²) in [5.41, 5.74) is 1.21. The summed E-state index contributed by atoms with van der Waals surface area (Å²) in [5.74, 6) is 1.01. The zero-order chi connectivity index (χ0) is 11.3. The second-order valence-electron chi connectivity index (χ2n) is 3.92. The first-order valence-corrected chi connectivity index (χ1v) is 6.21. The third-order valence-corrected chi connectivity index (χ3v) is 2.82. The molecule has 1 aromatic rings. The number of hydrogen-bond acceptors (Lipinski definition) is 2. The van der Waals surface area contributed by atoms with Crippen molar-refractivity contribution < 1.29 is 4.74 Å².